The molecule has 0 bridgehead atoms. The number of rotatable bonds is 5. The van der Waals surface area contributed by atoms with E-state index >= 15 is 0 Å². The van der Waals surface area contributed by atoms with Gasteiger partial charge in [0.25, 0.3) is 0 Å². The Balaban J connectivity index is 1.60. The summed E-state index contributed by atoms with van der Waals surface area (Å²) < 4.78 is 5.97. The molecule has 2 unspecified atom stereocenters. The van der Waals surface area contributed by atoms with Crippen LogP contribution in [0.25, 0.3) is 11.4 Å². The van der Waals surface area contributed by atoms with Crippen molar-refractivity contribution >= 4 is 5.82 Å². The lowest BCUT2D eigenvalue weighted by molar-refractivity contribution is -0.157. The van der Waals surface area contributed by atoms with E-state index < -0.39 is 0 Å². The van der Waals surface area contributed by atoms with E-state index in [0.29, 0.717) is 17.6 Å². The Bertz CT molecular complexity index is 758. The van der Waals surface area contributed by atoms with Crippen LogP contribution in [0.15, 0.2) is 24.5 Å². The standard InChI is InChI=1S/C20H26N4O/c1-4-25-17-11-16(20(17)8-6-9-20)23-18-13(2)14(3)22-19(24-18)15-7-5-10-21-12-15/h5,7,10,12,16-17H,4,6,8-9,11H2,1-3H3,(H,22,23,24). The molecule has 0 amide bonds. The van der Waals surface area contributed by atoms with Gasteiger partial charge in [-0.1, -0.05) is 6.42 Å². The Morgan fingerprint density at radius 2 is 2.12 bits per heavy atom. The molecule has 2 atom stereocenters. The van der Waals surface area contributed by atoms with Crippen LogP contribution in [0.3, 0.4) is 0 Å². The molecule has 2 aromatic heterocycles. The van der Waals surface area contributed by atoms with Gasteiger partial charge in [-0.2, -0.15) is 0 Å². The second-order valence-electron chi connectivity index (χ2n) is 7.31. The number of nitrogens with one attached hydrogen (secondary N) is 1. The molecule has 4 rings (SSSR count). The summed E-state index contributed by atoms with van der Waals surface area (Å²) in [5, 5.41) is 3.73. The summed E-state index contributed by atoms with van der Waals surface area (Å²) >= 11 is 0. The summed E-state index contributed by atoms with van der Waals surface area (Å²) in [5.41, 5.74) is 3.41. The molecule has 25 heavy (non-hydrogen) atoms. The van der Waals surface area contributed by atoms with E-state index in [9.17, 15) is 0 Å². The smallest absolute Gasteiger partial charge is 0.163 e. The summed E-state index contributed by atoms with van der Waals surface area (Å²) in [5.74, 6) is 1.69. The number of ether oxygens (including phenoxy) is 1. The maximum absolute atomic E-state index is 5.97. The first-order chi connectivity index (χ1) is 12.1. The highest BCUT2D eigenvalue weighted by Crippen LogP contribution is 2.58. The molecule has 0 aromatic carbocycles. The zero-order valence-corrected chi connectivity index (χ0v) is 15.2. The van der Waals surface area contributed by atoms with E-state index in [1.807, 2.05) is 25.3 Å². The SMILES string of the molecule is CCOC1CC(Nc2nc(-c3cccnc3)nc(C)c2C)C12CCC2. The minimum absolute atomic E-state index is 0.315. The molecule has 2 heterocycles. The lowest BCUT2D eigenvalue weighted by atomic mass is 9.51. The minimum atomic E-state index is 0.315. The Morgan fingerprint density at radius 3 is 2.76 bits per heavy atom. The first-order valence-corrected chi connectivity index (χ1v) is 9.28. The summed E-state index contributed by atoms with van der Waals surface area (Å²) in [6.07, 6.45) is 8.89. The van der Waals surface area contributed by atoms with Gasteiger partial charge in [0.2, 0.25) is 0 Å². The van der Waals surface area contributed by atoms with Crippen LogP contribution in [0, 0.1) is 19.3 Å². The van der Waals surface area contributed by atoms with Gasteiger partial charge in [-0.05, 0) is 52.2 Å². The molecule has 5 nitrogen and oxygen atoms in total. The highest BCUT2D eigenvalue weighted by molar-refractivity contribution is 5.59. The van der Waals surface area contributed by atoms with Crippen LogP contribution >= 0.6 is 0 Å². The fourth-order valence-electron chi connectivity index (χ4n) is 4.20. The third-order valence-corrected chi connectivity index (χ3v) is 6.06. The van der Waals surface area contributed by atoms with Crippen LogP contribution in [0.2, 0.25) is 0 Å². The van der Waals surface area contributed by atoms with Crippen molar-refractivity contribution in [2.75, 3.05) is 11.9 Å². The lowest BCUT2D eigenvalue weighted by Gasteiger charge is -2.61. The average Bonchev–Trinajstić information content (AvgIpc) is 2.56. The molecule has 1 N–H and O–H groups in total. The second kappa shape index (κ2) is 6.37. The van der Waals surface area contributed by atoms with Crippen molar-refractivity contribution < 1.29 is 4.74 Å². The van der Waals surface area contributed by atoms with Crippen LogP contribution in [0.4, 0.5) is 5.82 Å². The van der Waals surface area contributed by atoms with Gasteiger partial charge in [-0.25, -0.2) is 9.97 Å². The van der Waals surface area contributed by atoms with Crippen LogP contribution in [0.1, 0.15) is 43.9 Å². The predicted molar refractivity (Wildman–Crippen MR) is 98.5 cm³/mol. The van der Waals surface area contributed by atoms with E-state index in [1.54, 1.807) is 6.20 Å². The van der Waals surface area contributed by atoms with E-state index in [4.69, 9.17) is 9.72 Å². The molecule has 2 aliphatic rings. The Kier molecular flexibility index (Phi) is 4.20. The Morgan fingerprint density at radius 1 is 1.28 bits per heavy atom. The molecule has 2 aliphatic carbocycles. The highest BCUT2D eigenvalue weighted by atomic mass is 16.5. The molecule has 2 fully saturated rings. The van der Waals surface area contributed by atoms with E-state index in [-0.39, 0.29) is 0 Å². The van der Waals surface area contributed by atoms with Gasteiger partial charge in [0.15, 0.2) is 5.82 Å². The van der Waals surface area contributed by atoms with Gasteiger partial charge < -0.3 is 10.1 Å². The van der Waals surface area contributed by atoms with Crippen molar-refractivity contribution in [2.24, 2.45) is 5.41 Å². The van der Waals surface area contributed by atoms with Gasteiger partial charge >= 0.3 is 0 Å². The molecular formula is C20H26N4O. The molecule has 2 aromatic rings. The topological polar surface area (TPSA) is 59.9 Å². The largest absolute Gasteiger partial charge is 0.378 e. The second-order valence-corrected chi connectivity index (χ2v) is 7.31. The Labute approximate surface area is 149 Å². The fraction of sp³-hybridized carbons (Fsp3) is 0.550. The monoisotopic (exact) mass is 338 g/mol. The maximum atomic E-state index is 5.97. The predicted octanol–water partition coefficient (Wildman–Crippen LogP) is 3.92. The third kappa shape index (κ3) is 2.71. The third-order valence-electron chi connectivity index (χ3n) is 6.06. The van der Waals surface area contributed by atoms with Crippen molar-refractivity contribution in [3.63, 3.8) is 0 Å². The van der Waals surface area contributed by atoms with Crippen LogP contribution in [-0.2, 0) is 4.74 Å². The summed E-state index contributed by atoms with van der Waals surface area (Å²) in [7, 11) is 0. The molecule has 5 heteroatoms. The zero-order chi connectivity index (χ0) is 17.4. The molecular weight excluding hydrogens is 312 g/mol. The van der Waals surface area contributed by atoms with Gasteiger partial charge in [0.1, 0.15) is 5.82 Å². The van der Waals surface area contributed by atoms with Gasteiger partial charge in [0.05, 0.1) is 6.10 Å². The van der Waals surface area contributed by atoms with E-state index in [2.05, 4.69) is 29.1 Å². The first kappa shape index (κ1) is 16.5. The lowest BCUT2D eigenvalue weighted by Crippen LogP contribution is -2.64. The number of hydrogen-bond donors (Lipinski definition) is 1. The van der Waals surface area contributed by atoms with Gasteiger partial charge in [-0.15, -0.1) is 0 Å². The average molecular weight is 338 g/mol. The summed E-state index contributed by atoms with van der Waals surface area (Å²) in [6, 6.07) is 4.37. The van der Waals surface area contributed by atoms with Crippen LogP contribution < -0.4 is 5.32 Å². The summed E-state index contributed by atoms with van der Waals surface area (Å²) in [4.78, 5) is 13.7. The Hall–Kier alpha value is -2.01. The molecule has 0 aliphatic heterocycles. The molecule has 0 saturated heterocycles. The zero-order valence-electron chi connectivity index (χ0n) is 15.2. The normalized spacial score (nSPS) is 23.8. The quantitative estimate of drug-likeness (QED) is 0.895. The van der Waals surface area contributed by atoms with Gasteiger partial charge in [-0.3, -0.25) is 4.98 Å². The van der Waals surface area contributed by atoms with Crippen molar-refractivity contribution in [1.29, 1.82) is 0 Å². The fourth-order valence-corrected chi connectivity index (χ4v) is 4.20. The first-order valence-electron chi connectivity index (χ1n) is 9.28. The maximum Gasteiger partial charge on any atom is 0.163 e. The van der Waals surface area contributed by atoms with Crippen LogP contribution in [0.5, 0.6) is 0 Å². The van der Waals surface area contributed by atoms with Crippen molar-refractivity contribution in [1.82, 2.24) is 15.0 Å². The highest BCUT2D eigenvalue weighted by Gasteiger charge is 2.59. The van der Waals surface area contributed by atoms with Crippen molar-refractivity contribution in [3.8, 4) is 11.4 Å². The number of aryl methyl sites for hydroxylation is 1. The number of aromatic nitrogens is 3. The van der Waals surface area contributed by atoms with E-state index in [0.717, 1.165) is 41.5 Å². The van der Waals surface area contributed by atoms with E-state index in [1.165, 1.54) is 19.3 Å². The number of pyridine rings is 1. The number of hydrogen-bond acceptors (Lipinski definition) is 5. The molecule has 0 radical (unpaired) electrons. The number of nitrogens with zero attached hydrogens (tertiary/aromatic N) is 3. The van der Waals surface area contributed by atoms with Crippen molar-refractivity contribution in [2.45, 2.75) is 58.6 Å². The molecule has 132 valence electrons. The number of anilines is 1. The molecule has 1 spiro atoms. The summed E-state index contributed by atoms with van der Waals surface area (Å²) in [6.45, 7) is 7.03. The van der Waals surface area contributed by atoms with Gasteiger partial charge in [0, 0.05) is 47.3 Å². The van der Waals surface area contributed by atoms with Crippen molar-refractivity contribution in [3.05, 3.63) is 35.8 Å². The minimum Gasteiger partial charge on any atom is -0.378 e. The molecule has 2 saturated carbocycles. The van der Waals surface area contributed by atoms with Crippen LogP contribution in [-0.4, -0.2) is 33.7 Å².